The molecular formula is C20H12ClF3N6O3. The highest BCUT2D eigenvalue weighted by Gasteiger charge is 2.33. The van der Waals surface area contributed by atoms with Crippen molar-refractivity contribution in [3.05, 3.63) is 71.8 Å². The molecule has 168 valence electrons. The van der Waals surface area contributed by atoms with Crippen LogP contribution in [0.5, 0.6) is 11.6 Å². The summed E-state index contributed by atoms with van der Waals surface area (Å²) in [6.45, 7) is 0. The Morgan fingerprint density at radius 2 is 1.82 bits per heavy atom. The van der Waals surface area contributed by atoms with Crippen molar-refractivity contribution < 1.29 is 27.1 Å². The van der Waals surface area contributed by atoms with Crippen LogP contribution in [0.1, 0.15) is 5.56 Å². The summed E-state index contributed by atoms with van der Waals surface area (Å²) in [4.78, 5) is 20.3. The van der Waals surface area contributed by atoms with Gasteiger partial charge in [-0.2, -0.15) is 13.2 Å². The molecule has 0 aliphatic rings. The monoisotopic (exact) mass is 476 g/mol. The number of carbonyl (C=O) groups is 1. The van der Waals surface area contributed by atoms with Gasteiger partial charge in [-0.25, -0.2) is 14.8 Å². The number of urea groups is 1. The number of aromatic nitrogens is 4. The first kappa shape index (κ1) is 22.0. The SMILES string of the molecule is O=C(Nc1cccc(Oc2cc(-c3nnco3)ncn2)c1)Nc1ccc(Cl)c(C(F)(F)F)c1. The van der Waals surface area contributed by atoms with Crippen molar-refractivity contribution in [1.29, 1.82) is 0 Å². The molecule has 2 aromatic carbocycles. The summed E-state index contributed by atoms with van der Waals surface area (Å²) in [6, 6.07) is 10.1. The summed E-state index contributed by atoms with van der Waals surface area (Å²) in [5.41, 5.74) is -0.457. The fraction of sp³-hybridized carbons (Fsp3) is 0.0500. The highest BCUT2D eigenvalue weighted by Crippen LogP contribution is 2.36. The number of alkyl halides is 3. The lowest BCUT2D eigenvalue weighted by Crippen LogP contribution is -2.20. The van der Waals surface area contributed by atoms with E-state index in [2.05, 4.69) is 30.8 Å². The molecule has 2 amide bonds. The average molecular weight is 477 g/mol. The van der Waals surface area contributed by atoms with Crippen LogP contribution in [0.15, 0.2) is 65.7 Å². The third-order valence-corrected chi connectivity index (χ3v) is 4.39. The van der Waals surface area contributed by atoms with E-state index in [4.69, 9.17) is 20.8 Å². The van der Waals surface area contributed by atoms with E-state index in [1.54, 1.807) is 18.2 Å². The van der Waals surface area contributed by atoms with E-state index < -0.39 is 22.8 Å². The van der Waals surface area contributed by atoms with E-state index in [0.717, 1.165) is 18.5 Å². The second-order valence-electron chi connectivity index (χ2n) is 6.39. The molecular weight excluding hydrogens is 465 g/mol. The minimum Gasteiger partial charge on any atom is -0.439 e. The summed E-state index contributed by atoms with van der Waals surface area (Å²) < 4.78 is 49.7. The van der Waals surface area contributed by atoms with Gasteiger partial charge < -0.3 is 19.8 Å². The lowest BCUT2D eigenvalue weighted by Gasteiger charge is -2.13. The number of halogens is 4. The van der Waals surface area contributed by atoms with Gasteiger partial charge in [0.05, 0.1) is 10.6 Å². The highest BCUT2D eigenvalue weighted by molar-refractivity contribution is 6.31. The van der Waals surface area contributed by atoms with Crippen LogP contribution in [0.4, 0.5) is 29.3 Å². The Morgan fingerprint density at radius 3 is 2.55 bits per heavy atom. The first-order chi connectivity index (χ1) is 15.8. The van der Waals surface area contributed by atoms with E-state index in [1.165, 1.54) is 24.5 Å². The maximum Gasteiger partial charge on any atom is 0.417 e. The Kier molecular flexibility index (Phi) is 6.09. The summed E-state index contributed by atoms with van der Waals surface area (Å²) >= 11 is 5.59. The fourth-order valence-corrected chi connectivity index (χ4v) is 2.89. The molecule has 2 heterocycles. The standard InChI is InChI=1S/C20H12ClF3N6O3/c21-15-5-4-12(7-14(15)20(22,23)24)29-19(31)28-11-2-1-3-13(6-11)33-17-8-16(25-9-26-17)18-30-27-10-32-18/h1-10H,(H2,28,29,31). The molecule has 0 spiro atoms. The van der Waals surface area contributed by atoms with Gasteiger partial charge >= 0.3 is 12.2 Å². The molecule has 9 nitrogen and oxygen atoms in total. The Bertz CT molecular complexity index is 1280. The van der Waals surface area contributed by atoms with Gasteiger partial charge in [-0.05, 0) is 30.3 Å². The number of amides is 2. The van der Waals surface area contributed by atoms with E-state index in [0.29, 0.717) is 17.1 Å². The van der Waals surface area contributed by atoms with Crippen molar-refractivity contribution in [2.75, 3.05) is 10.6 Å². The second kappa shape index (κ2) is 9.12. The lowest BCUT2D eigenvalue weighted by molar-refractivity contribution is -0.137. The van der Waals surface area contributed by atoms with E-state index in [1.807, 2.05) is 0 Å². The average Bonchev–Trinajstić information content (AvgIpc) is 3.30. The Hall–Kier alpha value is -4.19. The predicted octanol–water partition coefficient (Wildman–Crippen LogP) is 5.64. The molecule has 13 heteroatoms. The zero-order valence-electron chi connectivity index (χ0n) is 16.3. The molecule has 4 rings (SSSR count). The van der Waals surface area contributed by atoms with Crippen LogP contribution < -0.4 is 15.4 Å². The molecule has 2 aromatic heterocycles. The maximum absolute atomic E-state index is 13.0. The summed E-state index contributed by atoms with van der Waals surface area (Å²) in [5.74, 6) is 0.694. The first-order valence-corrected chi connectivity index (χ1v) is 9.47. The van der Waals surface area contributed by atoms with Crippen molar-refractivity contribution in [3.8, 4) is 23.2 Å². The molecule has 0 atom stereocenters. The largest absolute Gasteiger partial charge is 0.439 e. The summed E-state index contributed by atoms with van der Waals surface area (Å²) in [5, 5.41) is 11.7. The van der Waals surface area contributed by atoms with Crippen LogP contribution in [0.2, 0.25) is 5.02 Å². The molecule has 2 N–H and O–H groups in total. The normalized spacial score (nSPS) is 11.2. The van der Waals surface area contributed by atoms with Crippen molar-refractivity contribution in [2.24, 2.45) is 0 Å². The van der Waals surface area contributed by atoms with Crippen molar-refractivity contribution >= 4 is 29.0 Å². The Labute approximate surface area is 188 Å². The number of benzene rings is 2. The zero-order chi connectivity index (χ0) is 23.4. The number of nitrogens with one attached hydrogen (secondary N) is 2. The zero-order valence-corrected chi connectivity index (χ0v) is 17.1. The number of rotatable bonds is 5. The quantitative estimate of drug-likeness (QED) is 0.383. The van der Waals surface area contributed by atoms with E-state index in [-0.39, 0.29) is 17.5 Å². The number of hydrogen-bond acceptors (Lipinski definition) is 7. The number of ether oxygens (including phenoxy) is 1. The Balaban J connectivity index is 1.44. The molecule has 0 radical (unpaired) electrons. The highest BCUT2D eigenvalue weighted by atomic mass is 35.5. The predicted molar refractivity (Wildman–Crippen MR) is 111 cm³/mol. The van der Waals surface area contributed by atoms with Crippen LogP contribution in [-0.2, 0) is 6.18 Å². The topological polar surface area (TPSA) is 115 Å². The second-order valence-corrected chi connectivity index (χ2v) is 6.79. The third kappa shape index (κ3) is 5.54. The van der Waals surface area contributed by atoms with Crippen LogP contribution in [0, 0.1) is 0 Å². The van der Waals surface area contributed by atoms with Crippen molar-refractivity contribution in [1.82, 2.24) is 20.2 Å². The van der Waals surface area contributed by atoms with Crippen LogP contribution in [0.25, 0.3) is 11.6 Å². The minimum atomic E-state index is -4.65. The molecule has 0 fully saturated rings. The number of carbonyl (C=O) groups excluding carboxylic acids is 1. The molecule has 0 bridgehead atoms. The number of nitrogens with zero attached hydrogens (tertiary/aromatic N) is 4. The minimum absolute atomic E-state index is 0.0776. The van der Waals surface area contributed by atoms with Gasteiger partial charge in [0.2, 0.25) is 12.3 Å². The number of anilines is 2. The molecule has 0 unspecified atom stereocenters. The van der Waals surface area contributed by atoms with Crippen LogP contribution in [0.3, 0.4) is 0 Å². The maximum atomic E-state index is 13.0. The van der Waals surface area contributed by atoms with Gasteiger partial charge in [0.1, 0.15) is 17.8 Å². The summed E-state index contributed by atoms with van der Waals surface area (Å²) in [6.07, 6.45) is -2.24. The van der Waals surface area contributed by atoms with Gasteiger partial charge in [0.15, 0.2) is 0 Å². The van der Waals surface area contributed by atoms with Gasteiger partial charge in [-0.1, -0.05) is 17.7 Å². The molecule has 0 aliphatic heterocycles. The smallest absolute Gasteiger partial charge is 0.417 e. The fourth-order valence-electron chi connectivity index (χ4n) is 2.67. The molecule has 4 aromatic rings. The first-order valence-electron chi connectivity index (χ1n) is 9.09. The number of hydrogen-bond donors (Lipinski definition) is 2. The lowest BCUT2D eigenvalue weighted by atomic mass is 10.2. The third-order valence-electron chi connectivity index (χ3n) is 4.07. The van der Waals surface area contributed by atoms with Gasteiger partial charge in [-0.3, -0.25) is 0 Å². The van der Waals surface area contributed by atoms with Crippen LogP contribution >= 0.6 is 11.6 Å². The van der Waals surface area contributed by atoms with Gasteiger partial charge in [0, 0.05) is 23.5 Å². The molecule has 0 aliphatic carbocycles. The van der Waals surface area contributed by atoms with Crippen LogP contribution in [-0.4, -0.2) is 26.2 Å². The van der Waals surface area contributed by atoms with E-state index >= 15 is 0 Å². The molecule has 0 saturated heterocycles. The van der Waals surface area contributed by atoms with Crippen molar-refractivity contribution in [3.63, 3.8) is 0 Å². The Morgan fingerprint density at radius 1 is 1.03 bits per heavy atom. The molecule has 33 heavy (non-hydrogen) atoms. The van der Waals surface area contributed by atoms with Gasteiger partial charge in [0.25, 0.3) is 5.89 Å². The van der Waals surface area contributed by atoms with E-state index in [9.17, 15) is 18.0 Å². The molecule has 0 saturated carbocycles. The van der Waals surface area contributed by atoms with Gasteiger partial charge in [-0.15, -0.1) is 10.2 Å². The summed E-state index contributed by atoms with van der Waals surface area (Å²) in [7, 11) is 0. The van der Waals surface area contributed by atoms with Crippen molar-refractivity contribution in [2.45, 2.75) is 6.18 Å².